The number of hydrogen-bond acceptors (Lipinski definition) is 4. The highest BCUT2D eigenvalue weighted by molar-refractivity contribution is 7.09. The Morgan fingerprint density at radius 2 is 2.38 bits per heavy atom. The van der Waals surface area contributed by atoms with Crippen molar-refractivity contribution >= 4 is 17.2 Å². The van der Waals surface area contributed by atoms with Gasteiger partial charge in [0.05, 0.1) is 10.7 Å². The maximum absolute atomic E-state index is 12.9. The Morgan fingerprint density at radius 1 is 1.46 bits per heavy atom. The number of aromatic nitrogens is 2. The van der Waals surface area contributed by atoms with Crippen LogP contribution in [-0.4, -0.2) is 33.9 Å². The summed E-state index contributed by atoms with van der Waals surface area (Å²) in [6.45, 7) is 3.88. The topological polar surface area (TPSA) is 46.1 Å². The van der Waals surface area contributed by atoms with Crippen LogP contribution in [0.1, 0.15) is 54.3 Å². The number of hydrogen-bond donors (Lipinski definition) is 0. The van der Waals surface area contributed by atoms with Gasteiger partial charge in [-0.15, -0.1) is 11.3 Å². The predicted molar refractivity (Wildman–Crippen MR) is 95.1 cm³/mol. The van der Waals surface area contributed by atoms with Crippen molar-refractivity contribution < 1.29 is 4.79 Å². The maximum Gasteiger partial charge on any atom is 0.226 e. The lowest BCUT2D eigenvalue weighted by atomic mass is 9.98. The van der Waals surface area contributed by atoms with Gasteiger partial charge in [-0.1, -0.05) is 13.0 Å². The van der Waals surface area contributed by atoms with Gasteiger partial charge in [0, 0.05) is 42.7 Å². The minimum atomic E-state index is 0.162. The van der Waals surface area contributed by atoms with Crippen LogP contribution in [0.3, 0.4) is 0 Å². The number of thiazole rings is 1. The first-order valence-electron chi connectivity index (χ1n) is 8.89. The first-order valence-corrected chi connectivity index (χ1v) is 9.77. The van der Waals surface area contributed by atoms with Gasteiger partial charge in [-0.2, -0.15) is 0 Å². The summed E-state index contributed by atoms with van der Waals surface area (Å²) in [4.78, 5) is 23.9. The van der Waals surface area contributed by atoms with Gasteiger partial charge in [-0.3, -0.25) is 9.78 Å². The molecule has 1 amide bonds. The van der Waals surface area contributed by atoms with Gasteiger partial charge in [-0.25, -0.2) is 4.98 Å². The molecule has 1 aliphatic carbocycles. The third-order valence-electron chi connectivity index (χ3n) is 5.23. The fourth-order valence-electron chi connectivity index (χ4n) is 3.72. The number of amides is 1. The van der Waals surface area contributed by atoms with Crippen molar-refractivity contribution in [3.63, 3.8) is 0 Å². The van der Waals surface area contributed by atoms with E-state index in [2.05, 4.69) is 28.3 Å². The number of carbonyl (C=O) groups excluding carboxylic acids is 1. The van der Waals surface area contributed by atoms with E-state index in [-0.39, 0.29) is 5.92 Å². The van der Waals surface area contributed by atoms with Gasteiger partial charge in [0.1, 0.15) is 0 Å². The molecule has 4 rings (SSSR count). The summed E-state index contributed by atoms with van der Waals surface area (Å²) in [7, 11) is 0. The quantitative estimate of drug-likeness (QED) is 0.853. The Kier molecular flexibility index (Phi) is 4.35. The zero-order valence-corrected chi connectivity index (χ0v) is 14.8. The number of piperidine rings is 1. The molecular weight excluding hydrogens is 318 g/mol. The smallest absolute Gasteiger partial charge is 0.226 e. The summed E-state index contributed by atoms with van der Waals surface area (Å²) in [5.41, 5.74) is 2.38. The molecule has 126 valence electrons. The van der Waals surface area contributed by atoms with E-state index in [0.29, 0.717) is 17.7 Å². The summed E-state index contributed by atoms with van der Waals surface area (Å²) in [5, 5.41) is 3.37. The summed E-state index contributed by atoms with van der Waals surface area (Å²) < 4.78 is 0. The van der Waals surface area contributed by atoms with Crippen molar-refractivity contribution in [3.8, 4) is 0 Å². The molecule has 2 fully saturated rings. The van der Waals surface area contributed by atoms with E-state index < -0.39 is 0 Å². The molecule has 0 spiro atoms. The zero-order valence-electron chi connectivity index (χ0n) is 14.0. The number of likely N-dealkylation sites (tertiary alicyclic amines) is 1. The molecule has 5 heteroatoms. The van der Waals surface area contributed by atoms with E-state index >= 15 is 0 Å². The SMILES string of the molecule is CCc1csc([C@@H]2CCCN(C(=O)[C@@H]3C[C@H]3c3cccnc3)C2)n1. The van der Waals surface area contributed by atoms with Crippen LogP contribution in [0.4, 0.5) is 0 Å². The normalized spacial score (nSPS) is 26.4. The third-order valence-corrected chi connectivity index (χ3v) is 6.29. The van der Waals surface area contributed by atoms with Gasteiger partial charge >= 0.3 is 0 Å². The van der Waals surface area contributed by atoms with Crippen LogP contribution in [-0.2, 0) is 11.2 Å². The largest absolute Gasteiger partial charge is 0.342 e. The molecule has 1 saturated carbocycles. The van der Waals surface area contributed by atoms with Gasteiger partial charge in [0.2, 0.25) is 5.91 Å². The molecule has 24 heavy (non-hydrogen) atoms. The third kappa shape index (κ3) is 3.09. The van der Waals surface area contributed by atoms with E-state index in [1.807, 2.05) is 12.3 Å². The number of aryl methyl sites for hydroxylation is 1. The van der Waals surface area contributed by atoms with Crippen molar-refractivity contribution in [2.24, 2.45) is 5.92 Å². The van der Waals surface area contributed by atoms with Gasteiger partial charge in [-0.05, 0) is 43.2 Å². The Hall–Kier alpha value is -1.75. The van der Waals surface area contributed by atoms with Crippen LogP contribution in [0.15, 0.2) is 29.9 Å². The van der Waals surface area contributed by atoms with E-state index in [4.69, 9.17) is 4.98 Å². The highest BCUT2D eigenvalue weighted by Crippen LogP contribution is 2.48. The molecule has 0 aromatic carbocycles. The zero-order chi connectivity index (χ0) is 16.5. The van der Waals surface area contributed by atoms with Crippen LogP contribution in [0, 0.1) is 5.92 Å². The molecule has 2 aromatic rings. The average molecular weight is 341 g/mol. The average Bonchev–Trinajstić information content (AvgIpc) is 3.30. The number of carbonyl (C=O) groups is 1. The lowest BCUT2D eigenvalue weighted by Gasteiger charge is -2.32. The Morgan fingerprint density at radius 3 is 3.12 bits per heavy atom. The van der Waals surface area contributed by atoms with Crippen molar-refractivity contribution in [3.05, 3.63) is 46.2 Å². The standard InChI is InChI=1S/C19H23N3OS/c1-2-15-12-24-18(21-15)14-6-4-8-22(11-14)19(23)17-9-16(17)13-5-3-7-20-10-13/h3,5,7,10,12,14,16-17H,2,4,6,8-9,11H2,1H3/t14-,16+,17-/m1/s1. The maximum atomic E-state index is 12.9. The van der Waals surface area contributed by atoms with Crippen LogP contribution in [0.5, 0.6) is 0 Å². The minimum absolute atomic E-state index is 0.162. The van der Waals surface area contributed by atoms with Crippen LogP contribution < -0.4 is 0 Å². The van der Waals surface area contributed by atoms with Crippen molar-refractivity contribution in [1.29, 1.82) is 0 Å². The second-order valence-corrected chi connectivity index (χ2v) is 7.78. The first kappa shape index (κ1) is 15.8. The molecule has 0 bridgehead atoms. The van der Waals surface area contributed by atoms with Crippen molar-refractivity contribution in [2.45, 2.75) is 44.4 Å². The summed E-state index contributed by atoms with van der Waals surface area (Å²) in [6.07, 6.45) is 7.89. The molecule has 3 atom stereocenters. The molecule has 2 aliphatic rings. The van der Waals surface area contributed by atoms with E-state index in [9.17, 15) is 4.79 Å². The van der Waals surface area contributed by atoms with E-state index in [0.717, 1.165) is 38.8 Å². The molecule has 1 aliphatic heterocycles. The second-order valence-electron chi connectivity index (χ2n) is 6.89. The molecule has 2 aromatic heterocycles. The molecule has 4 nitrogen and oxygen atoms in total. The monoisotopic (exact) mass is 341 g/mol. The molecule has 1 saturated heterocycles. The van der Waals surface area contributed by atoms with E-state index in [1.54, 1.807) is 17.5 Å². The number of nitrogens with zero attached hydrogens (tertiary/aromatic N) is 3. The van der Waals surface area contributed by atoms with Gasteiger partial charge < -0.3 is 4.90 Å². The lowest BCUT2D eigenvalue weighted by Crippen LogP contribution is -2.40. The molecule has 0 radical (unpaired) electrons. The molecular formula is C19H23N3OS. The van der Waals surface area contributed by atoms with Crippen LogP contribution in [0.2, 0.25) is 0 Å². The molecule has 0 unspecified atom stereocenters. The van der Waals surface area contributed by atoms with Gasteiger partial charge in [0.15, 0.2) is 0 Å². The van der Waals surface area contributed by atoms with Crippen LogP contribution >= 0.6 is 11.3 Å². The molecule has 0 N–H and O–H groups in total. The van der Waals surface area contributed by atoms with Crippen molar-refractivity contribution in [2.75, 3.05) is 13.1 Å². The lowest BCUT2D eigenvalue weighted by molar-refractivity contribution is -0.133. The van der Waals surface area contributed by atoms with Crippen molar-refractivity contribution in [1.82, 2.24) is 14.9 Å². The summed E-state index contributed by atoms with van der Waals surface area (Å²) >= 11 is 1.76. The second kappa shape index (κ2) is 6.63. The van der Waals surface area contributed by atoms with Gasteiger partial charge in [0.25, 0.3) is 0 Å². The predicted octanol–water partition coefficient (Wildman–Crippen LogP) is 3.61. The Labute approximate surface area is 146 Å². The molecule has 3 heterocycles. The fourth-order valence-corrected chi connectivity index (χ4v) is 4.75. The Balaban J connectivity index is 1.40. The minimum Gasteiger partial charge on any atom is -0.342 e. The Bertz CT molecular complexity index is 714. The first-order chi connectivity index (χ1) is 11.8. The number of pyridine rings is 1. The number of rotatable bonds is 4. The van der Waals surface area contributed by atoms with E-state index in [1.165, 1.54) is 16.3 Å². The fraction of sp³-hybridized carbons (Fsp3) is 0.526. The summed E-state index contributed by atoms with van der Waals surface area (Å²) in [5.74, 6) is 1.29. The summed E-state index contributed by atoms with van der Waals surface area (Å²) in [6, 6.07) is 4.05. The highest BCUT2D eigenvalue weighted by atomic mass is 32.1. The highest BCUT2D eigenvalue weighted by Gasteiger charge is 2.46. The van der Waals surface area contributed by atoms with Crippen LogP contribution in [0.25, 0.3) is 0 Å².